The van der Waals surface area contributed by atoms with E-state index in [2.05, 4.69) is 48.8 Å². The Kier molecular flexibility index (Phi) is 3.81. The zero-order valence-corrected chi connectivity index (χ0v) is 12.8. The third-order valence-corrected chi connectivity index (χ3v) is 4.36. The molecule has 1 aromatic carbocycles. The summed E-state index contributed by atoms with van der Waals surface area (Å²) in [6.45, 7) is 7.41. The first-order valence-electron chi connectivity index (χ1n) is 6.38. The summed E-state index contributed by atoms with van der Waals surface area (Å²) >= 11 is 3.47. The van der Waals surface area contributed by atoms with Crippen molar-refractivity contribution in [2.75, 3.05) is 16.8 Å². The standard InChI is InChI=1S/C15H20BrNO/c1-15(2,3)12-5-4-6-13(8-12)17-10-11(9-16)7-14(17)18/h4-6,8,11H,7,9-10H2,1-3H3. The fourth-order valence-corrected chi connectivity index (χ4v) is 2.71. The number of amides is 1. The maximum Gasteiger partial charge on any atom is 0.227 e. The summed E-state index contributed by atoms with van der Waals surface area (Å²) in [5.74, 6) is 0.682. The van der Waals surface area contributed by atoms with Gasteiger partial charge in [0.05, 0.1) is 0 Å². The highest BCUT2D eigenvalue weighted by Crippen LogP contribution is 2.30. The normalized spacial score (nSPS) is 20.6. The van der Waals surface area contributed by atoms with Gasteiger partial charge in [-0.2, -0.15) is 0 Å². The molecule has 18 heavy (non-hydrogen) atoms. The van der Waals surface area contributed by atoms with E-state index >= 15 is 0 Å². The van der Waals surface area contributed by atoms with E-state index in [1.165, 1.54) is 5.56 Å². The van der Waals surface area contributed by atoms with Gasteiger partial charge in [-0.25, -0.2) is 0 Å². The summed E-state index contributed by atoms with van der Waals surface area (Å²) in [5, 5.41) is 0.897. The van der Waals surface area contributed by atoms with Crippen LogP contribution < -0.4 is 4.90 Å². The molecule has 0 aliphatic carbocycles. The zero-order valence-electron chi connectivity index (χ0n) is 11.2. The van der Waals surface area contributed by atoms with Gasteiger partial charge in [0, 0.05) is 24.0 Å². The summed E-state index contributed by atoms with van der Waals surface area (Å²) in [6, 6.07) is 8.36. The van der Waals surface area contributed by atoms with Gasteiger partial charge in [-0.05, 0) is 29.0 Å². The molecule has 1 atom stereocenters. The van der Waals surface area contributed by atoms with Crippen LogP contribution >= 0.6 is 15.9 Å². The number of benzene rings is 1. The molecule has 0 N–H and O–H groups in total. The van der Waals surface area contributed by atoms with E-state index in [4.69, 9.17) is 0 Å². The van der Waals surface area contributed by atoms with Crippen LogP contribution in [0, 0.1) is 5.92 Å². The van der Waals surface area contributed by atoms with E-state index in [9.17, 15) is 4.79 Å². The minimum atomic E-state index is 0.119. The molecule has 0 saturated carbocycles. The van der Waals surface area contributed by atoms with Crippen molar-refractivity contribution >= 4 is 27.5 Å². The van der Waals surface area contributed by atoms with E-state index in [0.717, 1.165) is 17.6 Å². The van der Waals surface area contributed by atoms with E-state index < -0.39 is 0 Å². The van der Waals surface area contributed by atoms with Gasteiger partial charge in [0.2, 0.25) is 5.91 Å². The van der Waals surface area contributed by atoms with E-state index in [-0.39, 0.29) is 11.3 Å². The third-order valence-electron chi connectivity index (χ3n) is 3.45. The molecule has 1 saturated heterocycles. The van der Waals surface area contributed by atoms with Crippen molar-refractivity contribution in [1.29, 1.82) is 0 Å². The van der Waals surface area contributed by atoms with Gasteiger partial charge in [-0.15, -0.1) is 0 Å². The molecule has 2 rings (SSSR count). The highest BCUT2D eigenvalue weighted by molar-refractivity contribution is 9.09. The summed E-state index contributed by atoms with van der Waals surface area (Å²) in [5.41, 5.74) is 2.43. The molecular weight excluding hydrogens is 290 g/mol. The Morgan fingerprint density at radius 3 is 2.67 bits per heavy atom. The number of rotatable bonds is 2. The number of halogens is 1. The van der Waals surface area contributed by atoms with Crippen molar-refractivity contribution in [3.8, 4) is 0 Å². The van der Waals surface area contributed by atoms with Crippen LogP contribution in [0.5, 0.6) is 0 Å². The lowest BCUT2D eigenvalue weighted by atomic mass is 9.87. The molecule has 1 heterocycles. The number of alkyl halides is 1. The fourth-order valence-electron chi connectivity index (χ4n) is 2.27. The first kappa shape index (κ1) is 13.6. The van der Waals surface area contributed by atoms with E-state index in [0.29, 0.717) is 12.3 Å². The topological polar surface area (TPSA) is 20.3 Å². The van der Waals surface area contributed by atoms with Crippen LogP contribution in [-0.2, 0) is 10.2 Å². The predicted octanol–water partition coefficient (Wildman–Crippen LogP) is 3.73. The van der Waals surface area contributed by atoms with Crippen LogP contribution in [0.4, 0.5) is 5.69 Å². The zero-order chi connectivity index (χ0) is 13.3. The quantitative estimate of drug-likeness (QED) is 0.762. The summed E-state index contributed by atoms with van der Waals surface area (Å²) < 4.78 is 0. The lowest BCUT2D eigenvalue weighted by molar-refractivity contribution is -0.117. The summed E-state index contributed by atoms with van der Waals surface area (Å²) in [4.78, 5) is 13.9. The van der Waals surface area contributed by atoms with Gasteiger partial charge in [0.15, 0.2) is 0 Å². The number of hydrogen-bond acceptors (Lipinski definition) is 1. The molecule has 3 heteroatoms. The molecule has 1 fully saturated rings. The fraction of sp³-hybridized carbons (Fsp3) is 0.533. The third kappa shape index (κ3) is 2.77. The number of nitrogens with zero attached hydrogens (tertiary/aromatic N) is 1. The monoisotopic (exact) mass is 309 g/mol. The molecule has 1 aromatic rings. The molecule has 0 radical (unpaired) electrons. The molecular formula is C15H20BrNO. The van der Waals surface area contributed by atoms with E-state index in [1.807, 2.05) is 17.0 Å². The van der Waals surface area contributed by atoms with Crippen LogP contribution in [0.3, 0.4) is 0 Å². The molecule has 1 aliphatic rings. The van der Waals surface area contributed by atoms with Crippen LogP contribution in [0.15, 0.2) is 24.3 Å². The molecule has 98 valence electrons. The van der Waals surface area contributed by atoms with Crippen molar-refractivity contribution in [3.05, 3.63) is 29.8 Å². The van der Waals surface area contributed by atoms with Crippen molar-refractivity contribution in [2.45, 2.75) is 32.6 Å². The van der Waals surface area contributed by atoms with Crippen molar-refractivity contribution < 1.29 is 4.79 Å². The molecule has 1 amide bonds. The largest absolute Gasteiger partial charge is 0.312 e. The number of carbonyl (C=O) groups is 1. The Hall–Kier alpha value is -0.830. The Morgan fingerprint density at radius 2 is 2.11 bits per heavy atom. The highest BCUT2D eigenvalue weighted by Gasteiger charge is 2.30. The first-order chi connectivity index (χ1) is 8.41. The maximum atomic E-state index is 12.0. The average Bonchev–Trinajstić information content (AvgIpc) is 2.70. The Morgan fingerprint density at radius 1 is 1.39 bits per heavy atom. The van der Waals surface area contributed by atoms with Gasteiger partial charge in [0.25, 0.3) is 0 Å². The highest BCUT2D eigenvalue weighted by atomic mass is 79.9. The predicted molar refractivity (Wildman–Crippen MR) is 79.4 cm³/mol. The maximum absolute atomic E-state index is 12.0. The average molecular weight is 310 g/mol. The molecule has 1 aliphatic heterocycles. The number of carbonyl (C=O) groups excluding carboxylic acids is 1. The Bertz CT molecular complexity index is 450. The Labute approximate surface area is 117 Å². The molecule has 0 aromatic heterocycles. The van der Waals surface area contributed by atoms with Crippen LogP contribution in [0.1, 0.15) is 32.8 Å². The van der Waals surface area contributed by atoms with Crippen molar-refractivity contribution in [1.82, 2.24) is 0 Å². The van der Waals surface area contributed by atoms with Gasteiger partial charge in [0.1, 0.15) is 0 Å². The van der Waals surface area contributed by atoms with Gasteiger partial charge < -0.3 is 4.90 Å². The van der Waals surface area contributed by atoms with Crippen molar-refractivity contribution in [3.63, 3.8) is 0 Å². The molecule has 1 unspecified atom stereocenters. The summed E-state index contributed by atoms with van der Waals surface area (Å²) in [6.07, 6.45) is 0.658. The summed E-state index contributed by atoms with van der Waals surface area (Å²) in [7, 11) is 0. The smallest absolute Gasteiger partial charge is 0.227 e. The van der Waals surface area contributed by atoms with Crippen molar-refractivity contribution in [2.24, 2.45) is 5.92 Å². The minimum absolute atomic E-state index is 0.119. The first-order valence-corrected chi connectivity index (χ1v) is 7.51. The second-order valence-corrected chi connectivity index (χ2v) is 6.68. The lowest BCUT2D eigenvalue weighted by Crippen LogP contribution is -2.25. The molecule has 2 nitrogen and oxygen atoms in total. The number of hydrogen-bond donors (Lipinski definition) is 0. The van der Waals surface area contributed by atoms with Crippen LogP contribution in [0.25, 0.3) is 0 Å². The minimum Gasteiger partial charge on any atom is -0.312 e. The molecule has 0 bridgehead atoms. The second-order valence-electron chi connectivity index (χ2n) is 6.03. The molecule has 0 spiro atoms. The van der Waals surface area contributed by atoms with Gasteiger partial charge in [-0.1, -0.05) is 48.8 Å². The SMILES string of the molecule is CC(C)(C)c1cccc(N2CC(CBr)CC2=O)c1. The second kappa shape index (κ2) is 5.04. The number of anilines is 1. The van der Waals surface area contributed by atoms with Crippen LogP contribution in [0.2, 0.25) is 0 Å². The van der Waals surface area contributed by atoms with Gasteiger partial charge >= 0.3 is 0 Å². The van der Waals surface area contributed by atoms with Gasteiger partial charge in [-0.3, -0.25) is 4.79 Å². The van der Waals surface area contributed by atoms with E-state index in [1.54, 1.807) is 0 Å². The lowest BCUT2D eigenvalue weighted by Gasteiger charge is -2.23. The van der Waals surface area contributed by atoms with Crippen LogP contribution in [-0.4, -0.2) is 17.8 Å². The Balaban J connectivity index is 2.27.